The number of benzene rings is 5. The van der Waals surface area contributed by atoms with E-state index in [1.165, 1.54) is 48.3 Å². The molecule has 0 unspecified atom stereocenters. The molecule has 1 aliphatic heterocycles. The van der Waals surface area contributed by atoms with E-state index in [9.17, 15) is 0 Å². The first-order chi connectivity index (χ1) is 17.4. The van der Waals surface area contributed by atoms with E-state index >= 15 is 0 Å². The SMILES string of the molecule is c1ccc([Se]Cc2ccc3ccccc3c2-c2c(CN3CCOCC3)ccc3ccccc23)cc1. The van der Waals surface area contributed by atoms with E-state index in [-0.39, 0.29) is 0 Å². The third-order valence-electron chi connectivity index (χ3n) is 6.92. The van der Waals surface area contributed by atoms with Crippen LogP contribution in [-0.4, -0.2) is 46.2 Å². The molecule has 2 nitrogen and oxygen atoms in total. The van der Waals surface area contributed by atoms with Crippen molar-refractivity contribution in [3.63, 3.8) is 0 Å². The number of hydrogen-bond acceptors (Lipinski definition) is 2. The Morgan fingerprint density at radius 1 is 0.600 bits per heavy atom. The van der Waals surface area contributed by atoms with Crippen molar-refractivity contribution in [2.45, 2.75) is 11.9 Å². The molecule has 5 aromatic carbocycles. The third-order valence-corrected chi connectivity index (χ3v) is 9.14. The van der Waals surface area contributed by atoms with E-state index in [1.807, 2.05) is 0 Å². The van der Waals surface area contributed by atoms with Crippen LogP contribution >= 0.6 is 0 Å². The summed E-state index contributed by atoms with van der Waals surface area (Å²) < 4.78 is 7.08. The molecular weight excluding hydrogens is 493 g/mol. The topological polar surface area (TPSA) is 12.5 Å². The van der Waals surface area contributed by atoms with E-state index < -0.39 is 0 Å². The van der Waals surface area contributed by atoms with Gasteiger partial charge in [0.15, 0.2) is 0 Å². The van der Waals surface area contributed by atoms with Crippen molar-refractivity contribution in [3.8, 4) is 11.1 Å². The van der Waals surface area contributed by atoms with Crippen LogP contribution in [0, 0.1) is 0 Å². The van der Waals surface area contributed by atoms with Crippen LogP contribution in [0.15, 0.2) is 103 Å². The van der Waals surface area contributed by atoms with Crippen molar-refractivity contribution in [3.05, 3.63) is 114 Å². The summed E-state index contributed by atoms with van der Waals surface area (Å²) in [7, 11) is 0. The summed E-state index contributed by atoms with van der Waals surface area (Å²) in [5.74, 6) is 0. The Bertz CT molecular complexity index is 1460. The first-order valence-electron chi connectivity index (χ1n) is 12.4. The fourth-order valence-corrected chi connectivity index (χ4v) is 7.07. The van der Waals surface area contributed by atoms with Crippen molar-refractivity contribution in [2.24, 2.45) is 0 Å². The van der Waals surface area contributed by atoms with Gasteiger partial charge >= 0.3 is 214 Å². The second-order valence-electron chi connectivity index (χ2n) is 9.13. The number of fused-ring (bicyclic) bond motifs is 2. The molecule has 174 valence electrons. The van der Waals surface area contributed by atoms with Crippen LogP contribution in [0.1, 0.15) is 11.1 Å². The Morgan fingerprint density at radius 2 is 1.17 bits per heavy atom. The van der Waals surface area contributed by atoms with Crippen LogP contribution < -0.4 is 4.46 Å². The Balaban J connectivity index is 1.54. The van der Waals surface area contributed by atoms with Crippen LogP contribution in [0.5, 0.6) is 0 Å². The van der Waals surface area contributed by atoms with Crippen LogP contribution in [0.3, 0.4) is 0 Å². The van der Waals surface area contributed by atoms with Gasteiger partial charge in [-0.1, -0.05) is 0 Å². The van der Waals surface area contributed by atoms with Crippen molar-refractivity contribution in [1.82, 2.24) is 4.90 Å². The Hall–Kier alpha value is -2.94. The summed E-state index contributed by atoms with van der Waals surface area (Å²) in [5, 5.41) is 6.40. The van der Waals surface area contributed by atoms with Crippen LogP contribution in [0.25, 0.3) is 32.7 Å². The maximum atomic E-state index is 5.63. The van der Waals surface area contributed by atoms with Crippen LogP contribution in [-0.2, 0) is 16.6 Å². The number of rotatable bonds is 6. The molecule has 0 radical (unpaired) electrons. The molecule has 1 fully saturated rings. The first kappa shape index (κ1) is 22.5. The predicted molar refractivity (Wildman–Crippen MR) is 149 cm³/mol. The summed E-state index contributed by atoms with van der Waals surface area (Å²) in [6, 6.07) is 38.1. The molecule has 0 atom stereocenters. The second-order valence-corrected chi connectivity index (χ2v) is 11.3. The van der Waals surface area contributed by atoms with E-state index in [0.29, 0.717) is 15.0 Å². The molecule has 1 saturated heterocycles. The molecule has 0 bridgehead atoms. The van der Waals surface area contributed by atoms with E-state index in [0.717, 1.165) is 38.2 Å². The van der Waals surface area contributed by atoms with Crippen molar-refractivity contribution in [2.75, 3.05) is 26.3 Å². The fourth-order valence-electron chi connectivity index (χ4n) is 5.15. The zero-order valence-corrected chi connectivity index (χ0v) is 21.5. The van der Waals surface area contributed by atoms with Gasteiger partial charge in [-0.05, 0) is 0 Å². The van der Waals surface area contributed by atoms with E-state index in [2.05, 4.69) is 108 Å². The van der Waals surface area contributed by atoms with Crippen LogP contribution in [0.4, 0.5) is 0 Å². The molecule has 0 amide bonds. The minimum atomic E-state index is 0.382. The van der Waals surface area contributed by atoms with Gasteiger partial charge in [-0.15, -0.1) is 0 Å². The Labute approximate surface area is 213 Å². The standard InChI is InChI=1S/C32H29NOSe/c1-2-10-28(11-3-1)35-23-27-17-15-25-9-5-7-13-30(25)32(27)31-26(22-33-18-20-34-21-19-33)16-14-24-8-4-6-12-29(24)31/h1-17H,18-23H2. The van der Waals surface area contributed by atoms with Gasteiger partial charge in [-0.3, -0.25) is 0 Å². The number of hydrogen-bond donors (Lipinski definition) is 0. The van der Waals surface area contributed by atoms with Crippen molar-refractivity contribution >= 4 is 41.0 Å². The summed E-state index contributed by atoms with van der Waals surface area (Å²) in [5.41, 5.74) is 5.69. The zero-order valence-electron chi connectivity index (χ0n) is 19.8. The molecule has 0 saturated carbocycles. The van der Waals surface area contributed by atoms with E-state index in [1.54, 1.807) is 0 Å². The van der Waals surface area contributed by atoms with Gasteiger partial charge in [0.05, 0.1) is 0 Å². The number of nitrogens with zero attached hydrogens (tertiary/aromatic N) is 1. The summed E-state index contributed by atoms with van der Waals surface area (Å²) in [4.78, 5) is 2.54. The van der Waals surface area contributed by atoms with Gasteiger partial charge in [0.2, 0.25) is 0 Å². The van der Waals surface area contributed by atoms with Gasteiger partial charge in [-0.25, -0.2) is 0 Å². The van der Waals surface area contributed by atoms with Crippen LogP contribution in [0.2, 0.25) is 0 Å². The summed E-state index contributed by atoms with van der Waals surface area (Å²) >= 11 is 0.382. The van der Waals surface area contributed by atoms with Gasteiger partial charge in [0.1, 0.15) is 0 Å². The number of morpholine rings is 1. The molecule has 1 aliphatic rings. The third kappa shape index (κ3) is 4.78. The first-order valence-corrected chi connectivity index (χ1v) is 14.4. The molecule has 0 aliphatic carbocycles. The molecule has 0 aromatic heterocycles. The minimum absolute atomic E-state index is 0.382. The molecule has 1 heterocycles. The van der Waals surface area contributed by atoms with Gasteiger partial charge in [0.25, 0.3) is 0 Å². The average Bonchev–Trinajstić information content (AvgIpc) is 2.93. The van der Waals surface area contributed by atoms with E-state index in [4.69, 9.17) is 4.74 Å². The Kier molecular flexibility index (Phi) is 6.66. The molecule has 5 aromatic rings. The zero-order chi connectivity index (χ0) is 23.5. The summed E-state index contributed by atoms with van der Waals surface area (Å²) in [6.07, 6.45) is 0. The molecule has 0 N–H and O–H groups in total. The average molecular weight is 523 g/mol. The summed E-state index contributed by atoms with van der Waals surface area (Å²) in [6.45, 7) is 4.58. The molecular formula is C32H29NOSe. The quantitative estimate of drug-likeness (QED) is 0.253. The fraction of sp³-hybridized carbons (Fsp3) is 0.188. The van der Waals surface area contributed by atoms with Crippen molar-refractivity contribution in [1.29, 1.82) is 0 Å². The molecule has 0 spiro atoms. The predicted octanol–water partition coefficient (Wildman–Crippen LogP) is 6.02. The second kappa shape index (κ2) is 10.4. The molecule has 3 heteroatoms. The Morgan fingerprint density at radius 3 is 1.86 bits per heavy atom. The van der Waals surface area contributed by atoms with Gasteiger partial charge in [0, 0.05) is 0 Å². The van der Waals surface area contributed by atoms with Gasteiger partial charge < -0.3 is 0 Å². The normalized spacial score (nSPS) is 14.5. The monoisotopic (exact) mass is 523 g/mol. The molecule has 6 rings (SSSR count). The number of ether oxygens (including phenoxy) is 1. The molecule has 35 heavy (non-hydrogen) atoms. The van der Waals surface area contributed by atoms with Crippen molar-refractivity contribution < 1.29 is 4.74 Å². The van der Waals surface area contributed by atoms with Gasteiger partial charge in [-0.2, -0.15) is 0 Å². The maximum absolute atomic E-state index is 5.63.